The maximum atomic E-state index is 8.16. The van der Waals surface area contributed by atoms with Gasteiger partial charge in [-0.3, -0.25) is 4.99 Å². The maximum absolute atomic E-state index is 8.16. The molecule has 82 valence electrons. The lowest BCUT2D eigenvalue weighted by molar-refractivity contribution is 0.270. The lowest BCUT2D eigenvalue weighted by Gasteiger charge is -2.23. The van der Waals surface area contributed by atoms with Gasteiger partial charge in [0, 0.05) is 29.6 Å². The molecule has 2 aliphatic carbocycles. The van der Waals surface area contributed by atoms with E-state index < -0.39 is 0 Å². The van der Waals surface area contributed by atoms with Gasteiger partial charge in [0.1, 0.15) is 0 Å². The van der Waals surface area contributed by atoms with Gasteiger partial charge >= 0.3 is 0 Å². The van der Waals surface area contributed by atoms with E-state index in [1.54, 1.807) is 0 Å². The lowest BCUT2D eigenvalue weighted by atomic mass is 9.82. The fourth-order valence-electron chi connectivity index (χ4n) is 3.21. The van der Waals surface area contributed by atoms with E-state index in [4.69, 9.17) is 5.53 Å². The van der Waals surface area contributed by atoms with Crippen LogP contribution in [0.3, 0.4) is 0 Å². The van der Waals surface area contributed by atoms with Crippen molar-refractivity contribution in [3.05, 3.63) is 10.4 Å². The van der Waals surface area contributed by atoms with Crippen LogP contribution in [0.15, 0.2) is 10.1 Å². The van der Waals surface area contributed by atoms with Crippen molar-refractivity contribution >= 4 is 5.71 Å². The van der Waals surface area contributed by atoms with Crippen molar-refractivity contribution in [2.24, 2.45) is 27.4 Å². The summed E-state index contributed by atoms with van der Waals surface area (Å²) >= 11 is 0. The molecule has 15 heavy (non-hydrogen) atoms. The van der Waals surface area contributed by atoms with Crippen LogP contribution in [0.25, 0.3) is 10.4 Å². The van der Waals surface area contributed by atoms with Crippen molar-refractivity contribution in [1.82, 2.24) is 0 Å². The predicted molar refractivity (Wildman–Crippen MR) is 60.9 cm³/mol. The van der Waals surface area contributed by atoms with Crippen LogP contribution in [0.5, 0.6) is 0 Å². The van der Waals surface area contributed by atoms with Crippen molar-refractivity contribution in [2.45, 2.75) is 33.1 Å². The molecule has 0 aromatic rings. The molecule has 0 aromatic heterocycles. The van der Waals surface area contributed by atoms with E-state index in [0.29, 0.717) is 24.4 Å². The third-order valence-electron chi connectivity index (χ3n) is 4.19. The van der Waals surface area contributed by atoms with Crippen LogP contribution < -0.4 is 0 Å². The molecule has 0 N–H and O–H groups in total. The molecule has 2 aliphatic rings. The number of hydrogen-bond acceptors (Lipinski definition) is 2. The fraction of sp³-hybridized carbons (Fsp3) is 0.909. The first-order valence-corrected chi connectivity index (χ1v) is 5.70. The van der Waals surface area contributed by atoms with E-state index >= 15 is 0 Å². The second-order valence-corrected chi connectivity index (χ2v) is 5.18. The Balaban J connectivity index is 1.99. The molecular weight excluding hydrogens is 188 g/mol. The highest BCUT2D eigenvalue weighted by Crippen LogP contribution is 2.56. The van der Waals surface area contributed by atoms with Gasteiger partial charge in [-0.2, -0.15) is 0 Å². The van der Waals surface area contributed by atoms with Crippen molar-refractivity contribution in [1.29, 1.82) is 0 Å². The second-order valence-electron chi connectivity index (χ2n) is 5.18. The quantitative estimate of drug-likeness (QED) is 0.295. The van der Waals surface area contributed by atoms with Crippen LogP contribution in [-0.4, -0.2) is 18.8 Å². The Bertz CT molecular complexity index is 325. The molecule has 0 amide bonds. The van der Waals surface area contributed by atoms with Gasteiger partial charge in [0.25, 0.3) is 0 Å². The number of azide groups is 1. The Labute approximate surface area is 90.4 Å². The number of fused-ring (bicyclic) bond motifs is 2. The molecule has 0 saturated heterocycles. The average molecular weight is 206 g/mol. The number of nitrogens with zero attached hydrogens (tertiary/aromatic N) is 4. The molecule has 4 nitrogen and oxygen atoms in total. The van der Waals surface area contributed by atoms with Crippen LogP contribution >= 0.6 is 0 Å². The molecule has 2 unspecified atom stereocenters. The van der Waals surface area contributed by atoms with E-state index in [1.807, 2.05) is 0 Å². The summed E-state index contributed by atoms with van der Waals surface area (Å²) in [4.78, 5) is 7.32. The summed E-state index contributed by atoms with van der Waals surface area (Å²) in [7, 11) is 0. The summed E-state index contributed by atoms with van der Waals surface area (Å²) in [5.74, 6) is 1.52. The number of aliphatic imine (C=N–C) groups is 1. The fourth-order valence-corrected chi connectivity index (χ4v) is 3.21. The monoisotopic (exact) mass is 206 g/mol. The maximum Gasteiger partial charge on any atom is 0.0454 e. The summed E-state index contributed by atoms with van der Waals surface area (Å²) in [6.07, 6.45) is 3.85. The molecule has 2 rings (SSSR count). The normalized spacial score (nSPS) is 34.4. The SMILES string of the molecule is CC1(C)C2CCC1C(=NCCN=[N+]=[N-])C2. The zero-order chi connectivity index (χ0) is 10.9. The summed E-state index contributed by atoms with van der Waals surface area (Å²) < 4.78 is 0. The number of rotatable bonds is 3. The second kappa shape index (κ2) is 3.86. The molecule has 0 heterocycles. The highest BCUT2D eigenvalue weighted by molar-refractivity contribution is 5.91. The van der Waals surface area contributed by atoms with Crippen LogP contribution in [0.2, 0.25) is 0 Å². The average Bonchev–Trinajstić information content (AvgIpc) is 2.62. The summed E-state index contributed by atoms with van der Waals surface area (Å²) in [5, 5.41) is 3.50. The Kier molecular flexibility index (Phi) is 2.70. The van der Waals surface area contributed by atoms with E-state index in [2.05, 4.69) is 28.9 Å². The summed E-state index contributed by atoms with van der Waals surface area (Å²) in [6, 6.07) is 0. The molecule has 2 bridgehead atoms. The highest BCUT2D eigenvalue weighted by atomic mass is 15.1. The van der Waals surface area contributed by atoms with E-state index in [0.717, 1.165) is 5.92 Å². The van der Waals surface area contributed by atoms with Gasteiger partial charge in [-0.25, -0.2) is 0 Å². The van der Waals surface area contributed by atoms with Crippen LogP contribution in [-0.2, 0) is 0 Å². The van der Waals surface area contributed by atoms with Gasteiger partial charge in [-0.15, -0.1) is 0 Å². The molecule has 2 saturated carbocycles. The molecular formula is C11H18N4. The number of hydrogen-bond donors (Lipinski definition) is 0. The lowest BCUT2D eigenvalue weighted by Crippen LogP contribution is -2.19. The molecule has 0 radical (unpaired) electrons. The topological polar surface area (TPSA) is 61.1 Å². The van der Waals surface area contributed by atoms with E-state index in [-0.39, 0.29) is 0 Å². The first-order valence-electron chi connectivity index (χ1n) is 5.70. The molecule has 4 heteroatoms. The molecule has 0 aromatic carbocycles. The largest absolute Gasteiger partial charge is 0.294 e. The molecule has 2 fully saturated rings. The van der Waals surface area contributed by atoms with Gasteiger partial charge in [0.05, 0.1) is 0 Å². The van der Waals surface area contributed by atoms with E-state index in [9.17, 15) is 0 Å². The molecule has 0 spiro atoms. The van der Waals surface area contributed by atoms with Crippen LogP contribution in [0, 0.1) is 17.3 Å². The summed E-state index contributed by atoms with van der Waals surface area (Å²) in [5.41, 5.74) is 9.99. The first-order chi connectivity index (χ1) is 7.16. The van der Waals surface area contributed by atoms with Crippen LogP contribution in [0.4, 0.5) is 0 Å². The standard InChI is InChI=1S/C11H18N4/c1-11(2)8-3-4-9(11)10(7-8)13-5-6-14-15-12/h8-9H,3-7H2,1-2H3. The van der Waals surface area contributed by atoms with Gasteiger partial charge in [-0.05, 0) is 36.1 Å². The Morgan fingerprint density at radius 1 is 1.40 bits per heavy atom. The van der Waals surface area contributed by atoms with Gasteiger partial charge in [0.2, 0.25) is 0 Å². The third kappa shape index (κ3) is 1.74. The zero-order valence-electron chi connectivity index (χ0n) is 9.48. The van der Waals surface area contributed by atoms with Crippen molar-refractivity contribution in [3.8, 4) is 0 Å². The smallest absolute Gasteiger partial charge is 0.0454 e. The Morgan fingerprint density at radius 3 is 2.73 bits per heavy atom. The first kappa shape index (κ1) is 10.5. The minimum atomic E-state index is 0.456. The van der Waals surface area contributed by atoms with E-state index in [1.165, 1.54) is 25.0 Å². The van der Waals surface area contributed by atoms with Crippen LogP contribution in [0.1, 0.15) is 33.1 Å². The van der Waals surface area contributed by atoms with Gasteiger partial charge < -0.3 is 0 Å². The minimum Gasteiger partial charge on any atom is -0.294 e. The van der Waals surface area contributed by atoms with Gasteiger partial charge in [0.15, 0.2) is 0 Å². The van der Waals surface area contributed by atoms with Crippen molar-refractivity contribution < 1.29 is 0 Å². The van der Waals surface area contributed by atoms with Crippen molar-refractivity contribution in [2.75, 3.05) is 13.1 Å². The Hall–Kier alpha value is -1.02. The highest BCUT2D eigenvalue weighted by Gasteiger charge is 2.51. The minimum absolute atomic E-state index is 0.456. The van der Waals surface area contributed by atoms with Gasteiger partial charge in [-0.1, -0.05) is 19.0 Å². The molecule has 0 aliphatic heterocycles. The predicted octanol–water partition coefficient (Wildman–Crippen LogP) is 3.19. The van der Waals surface area contributed by atoms with Crippen molar-refractivity contribution in [3.63, 3.8) is 0 Å². The molecule has 2 atom stereocenters. The summed E-state index contributed by atoms with van der Waals surface area (Å²) in [6.45, 7) is 5.90. The Morgan fingerprint density at radius 2 is 2.20 bits per heavy atom. The zero-order valence-corrected chi connectivity index (χ0v) is 9.48. The third-order valence-corrected chi connectivity index (χ3v) is 4.19.